The first-order valence-corrected chi connectivity index (χ1v) is 7.19. The topological polar surface area (TPSA) is 43.8 Å². The van der Waals surface area contributed by atoms with Gasteiger partial charge >= 0.3 is 0 Å². The first kappa shape index (κ1) is 15.3. The fourth-order valence-corrected chi connectivity index (χ4v) is 2.68. The number of hydrogen-bond donors (Lipinski definition) is 1. The highest BCUT2D eigenvalue weighted by atomic mass is 35.5. The average Bonchev–Trinajstić information content (AvgIpc) is 2.74. The lowest BCUT2D eigenvalue weighted by molar-refractivity contribution is 0.537. The SMILES string of the molecule is CCCn1ncc(Cl)c1C(N)Cc1ccc(F)cc1Cl. The van der Waals surface area contributed by atoms with Crippen molar-refractivity contribution in [3.05, 3.63) is 51.5 Å². The van der Waals surface area contributed by atoms with Crippen molar-refractivity contribution in [1.82, 2.24) is 9.78 Å². The van der Waals surface area contributed by atoms with E-state index in [1.807, 2.05) is 4.68 Å². The third kappa shape index (κ3) is 3.32. The summed E-state index contributed by atoms with van der Waals surface area (Å²) in [5, 5.41) is 5.14. The molecule has 0 spiro atoms. The van der Waals surface area contributed by atoms with E-state index >= 15 is 0 Å². The molecule has 0 saturated carbocycles. The molecule has 0 saturated heterocycles. The van der Waals surface area contributed by atoms with Crippen LogP contribution in [0.25, 0.3) is 0 Å². The predicted octanol–water partition coefficient (Wildman–Crippen LogP) is 3.98. The van der Waals surface area contributed by atoms with Crippen LogP contribution in [0, 0.1) is 5.82 Å². The summed E-state index contributed by atoms with van der Waals surface area (Å²) in [5.74, 6) is -0.360. The van der Waals surface area contributed by atoms with E-state index in [0.29, 0.717) is 16.5 Å². The Kier molecular flexibility index (Phi) is 5.02. The van der Waals surface area contributed by atoms with Gasteiger partial charge in [-0.05, 0) is 30.5 Å². The summed E-state index contributed by atoms with van der Waals surface area (Å²) in [7, 11) is 0. The molecular weight excluding hydrogens is 300 g/mol. The van der Waals surface area contributed by atoms with Gasteiger partial charge in [0.25, 0.3) is 0 Å². The molecule has 0 fully saturated rings. The summed E-state index contributed by atoms with van der Waals surface area (Å²) in [6.45, 7) is 2.81. The van der Waals surface area contributed by atoms with Crippen LogP contribution in [0.4, 0.5) is 4.39 Å². The van der Waals surface area contributed by atoms with Gasteiger partial charge in [-0.3, -0.25) is 4.68 Å². The van der Waals surface area contributed by atoms with Crippen molar-refractivity contribution in [2.24, 2.45) is 5.73 Å². The molecule has 6 heteroatoms. The summed E-state index contributed by atoms with van der Waals surface area (Å²) < 4.78 is 14.8. The Morgan fingerprint density at radius 2 is 2.10 bits per heavy atom. The molecular formula is C14H16Cl2FN3. The summed E-state index contributed by atoms with van der Waals surface area (Å²) >= 11 is 12.2. The number of aryl methyl sites for hydroxylation is 1. The number of hydrogen-bond acceptors (Lipinski definition) is 2. The van der Waals surface area contributed by atoms with E-state index in [4.69, 9.17) is 28.9 Å². The molecule has 0 radical (unpaired) electrons. The predicted molar refractivity (Wildman–Crippen MR) is 79.6 cm³/mol. The Morgan fingerprint density at radius 1 is 1.35 bits per heavy atom. The van der Waals surface area contributed by atoms with Crippen molar-refractivity contribution in [3.63, 3.8) is 0 Å². The summed E-state index contributed by atoms with van der Waals surface area (Å²) in [5.41, 5.74) is 7.79. The van der Waals surface area contributed by atoms with Gasteiger partial charge in [0.1, 0.15) is 5.82 Å². The number of nitrogens with zero attached hydrogens (tertiary/aromatic N) is 2. The molecule has 0 aliphatic heterocycles. The van der Waals surface area contributed by atoms with Crippen LogP contribution >= 0.6 is 23.2 Å². The van der Waals surface area contributed by atoms with Crippen molar-refractivity contribution >= 4 is 23.2 Å². The maximum absolute atomic E-state index is 13.0. The molecule has 2 aromatic rings. The van der Waals surface area contributed by atoms with E-state index in [9.17, 15) is 4.39 Å². The van der Waals surface area contributed by atoms with Crippen molar-refractivity contribution in [2.45, 2.75) is 32.4 Å². The zero-order chi connectivity index (χ0) is 14.7. The minimum Gasteiger partial charge on any atom is -0.322 e. The Bertz CT molecular complexity index is 598. The normalized spacial score (nSPS) is 12.7. The fourth-order valence-electron chi connectivity index (χ4n) is 2.15. The second kappa shape index (κ2) is 6.57. The van der Waals surface area contributed by atoms with E-state index < -0.39 is 0 Å². The molecule has 0 aliphatic rings. The zero-order valence-corrected chi connectivity index (χ0v) is 12.6. The van der Waals surface area contributed by atoms with Gasteiger partial charge in [0, 0.05) is 11.6 Å². The van der Waals surface area contributed by atoms with Crippen LogP contribution < -0.4 is 5.73 Å². The van der Waals surface area contributed by atoms with Crippen LogP contribution in [0.15, 0.2) is 24.4 Å². The lowest BCUT2D eigenvalue weighted by atomic mass is 10.0. The lowest BCUT2D eigenvalue weighted by Gasteiger charge is -2.15. The minimum absolute atomic E-state index is 0.334. The quantitative estimate of drug-likeness (QED) is 0.906. The molecule has 1 heterocycles. The van der Waals surface area contributed by atoms with E-state index in [1.54, 1.807) is 12.3 Å². The molecule has 0 bridgehead atoms. The standard InChI is InChI=1S/C14H16Cl2FN3/c1-2-5-20-14(12(16)8-19-20)13(18)6-9-3-4-10(17)7-11(9)15/h3-4,7-8,13H,2,5-6,18H2,1H3. The Morgan fingerprint density at radius 3 is 2.75 bits per heavy atom. The van der Waals surface area contributed by atoms with E-state index in [2.05, 4.69) is 12.0 Å². The second-order valence-corrected chi connectivity index (χ2v) is 5.46. The van der Waals surface area contributed by atoms with Gasteiger partial charge in [-0.1, -0.05) is 36.2 Å². The Hall–Kier alpha value is -1.10. The third-order valence-electron chi connectivity index (χ3n) is 3.07. The third-order valence-corrected chi connectivity index (χ3v) is 3.72. The first-order chi connectivity index (χ1) is 9.52. The number of benzene rings is 1. The van der Waals surface area contributed by atoms with Gasteiger partial charge in [-0.2, -0.15) is 5.10 Å². The summed E-state index contributed by atoms with van der Waals surface area (Å²) in [4.78, 5) is 0. The van der Waals surface area contributed by atoms with Crippen molar-refractivity contribution < 1.29 is 4.39 Å². The minimum atomic E-state index is -0.360. The molecule has 0 aliphatic carbocycles. The number of rotatable bonds is 5. The van der Waals surface area contributed by atoms with Gasteiger partial charge in [0.05, 0.1) is 23.0 Å². The average molecular weight is 316 g/mol. The highest BCUT2D eigenvalue weighted by Gasteiger charge is 2.18. The van der Waals surface area contributed by atoms with Crippen LogP contribution in [-0.2, 0) is 13.0 Å². The van der Waals surface area contributed by atoms with Crippen LogP contribution in [-0.4, -0.2) is 9.78 Å². The molecule has 108 valence electrons. The molecule has 2 rings (SSSR count). The highest BCUT2D eigenvalue weighted by molar-refractivity contribution is 6.31. The van der Waals surface area contributed by atoms with Crippen molar-refractivity contribution in [3.8, 4) is 0 Å². The van der Waals surface area contributed by atoms with E-state index in [1.165, 1.54) is 12.1 Å². The first-order valence-electron chi connectivity index (χ1n) is 6.43. The smallest absolute Gasteiger partial charge is 0.124 e. The van der Waals surface area contributed by atoms with Gasteiger partial charge in [0.2, 0.25) is 0 Å². The van der Waals surface area contributed by atoms with E-state index in [-0.39, 0.29) is 11.9 Å². The highest BCUT2D eigenvalue weighted by Crippen LogP contribution is 2.27. The maximum Gasteiger partial charge on any atom is 0.124 e. The Balaban J connectivity index is 2.23. The number of nitrogens with two attached hydrogens (primary N) is 1. The molecule has 2 N–H and O–H groups in total. The zero-order valence-electron chi connectivity index (χ0n) is 11.1. The molecule has 1 aromatic carbocycles. The van der Waals surface area contributed by atoms with Gasteiger partial charge in [-0.25, -0.2) is 4.39 Å². The molecule has 3 nitrogen and oxygen atoms in total. The molecule has 20 heavy (non-hydrogen) atoms. The monoisotopic (exact) mass is 315 g/mol. The largest absolute Gasteiger partial charge is 0.322 e. The van der Waals surface area contributed by atoms with Crippen molar-refractivity contribution in [1.29, 1.82) is 0 Å². The van der Waals surface area contributed by atoms with Crippen LogP contribution in [0.2, 0.25) is 10.0 Å². The number of aromatic nitrogens is 2. The molecule has 1 atom stereocenters. The second-order valence-electron chi connectivity index (χ2n) is 4.65. The molecule has 1 aromatic heterocycles. The summed E-state index contributed by atoms with van der Waals surface area (Å²) in [6.07, 6.45) is 3.02. The Labute approximate surface area is 127 Å². The maximum atomic E-state index is 13.0. The van der Waals surface area contributed by atoms with Crippen LogP contribution in [0.5, 0.6) is 0 Å². The van der Waals surface area contributed by atoms with Gasteiger partial charge in [0.15, 0.2) is 0 Å². The van der Waals surface area contributed by atoms with Gasteiger partial charge < -0.3 is 5.73 Å². The summed E-state index contributed by atoms with van der Waals surface area (Å²) in [6, 6.07) is 3.97. The van der Waals surface area contributed by atoms with E-state index in [0.717, 1.165) is 24.2 Å². The lowest BCUT2D eigenvalue weighted by Crippen LogP contribution is -2.19. The van der Waals surface area contributed by atoms with Crippen LogP contribution in [0.1, 0.15) is 30.6 Å². The van der Waals surface area contributed by atoms with Crippen molar-refractivity contribution in [2.75, 3.05) is 0 Å². The van der Waals surface area contributed by atoms with Gasteiger partial charge in [-0.15, -0.1) is 0 Å². The molecule has 1 unspecified atom stereocenters. The van der Waals surface area contributed by atoms with Crippen LogP contribution in [0.3, 0.4) is 0 Å². The molecule has 0 amide bonds. The number of halogens is 3. The fraction of sp³-hybridized carbons (Fsp3) is 0.357.